The zero-order valence-electron chi connectivity index (χ0n) is 17.1. The highest BCUT2D eigenvalue weighted by atomic mass is 19.1. The molecule has 162 valence electrons. The topological polar surface area (TPSA) is 127 Å². The summed E-state index contributed by atoms with van der Waals surface area (Å²) < 4.78 is 25.5. The summed E-state index contributed by atoms with van der Waals surface area (Å²) in [7, 11) is 3.18. The quantitative estimate of drug-likeness (QED) is 0.429. The molecule has 0 saturated heterocycles. The first-order chi connectivity index (χ1) is 14.9. The van der Waals surface area contributed by atoms with E-state index >= 15 is 0 Å². The minimum atomic E-state index is -0.830. The van der Waals surface area contributed by atoms with Crippen LogP contribution in [0.5, 0.6) is 5.75 Å². The second kappa shape index (κ2) is 8.28. The number of carbonyl (C=O) groups is 1. The number of methoxy groups -OCH3 is 1. The number of amides is 1. The average molecular weight is 428 g/mol. The van der Waals surface area contributed by atoms with E-state index < -0.39 is 18.2 Å². The Morgan fingerprint density at radius 3 is 2.97 bits per heavy atom. The molecule has 3 N–H and O–H groups in total. The maximum atomic E-state index is 13.6. The van der Waals surface area contributed by atoms with Crippen molar-refractivity contribution in [2.24, 2.45) is 7.05 Å². The Balaban J connectivity index is 1.65. The molecular formula is C20H21FN6O4. The van der Waals surface area contributed by atoms with Gasteiger partial charge in [0.05, 0.1) is 30.5 Å². The third-order valence-corrected chi connectivity index (χ3v) is 4.84. The van der Waals surface area contributed by atoms with Crippen LogP contribution in [0.3, 0.4) is 0 Å². The van der Waals surface area contributed by atoms with Gasteiger partial charge in [0.15, 0.2) is 16.9 Å². The normalized spacial score (nSPS) is 13.5. The number of rotatable bonds is 6. The number of hydrogen-bond donors (Lipinski definition) is 3. The van der Waals surface area contributed by atoms with E-state index in [2.05, 4.69) is 25.4 Å². The minimum Gasteiger partial charge on any atom is -0.406 e. The van der Waals surface area contributed by atoms with Crippen molar-refractivity contribution in [2.45, 2.75) is 19.1 Å². The number of aromatic amines is 1. The van der Waals surface area contributed by atoms with E-state index in [1.807, 2.05) is 0 Å². The summed E-state index contributed by atoms with van der Waals surface area (Å²) in [4.78, 5) is 24.1. The number of benzene rings is 1. The number of aliphatic hydroxyl groups excluding tert-OH is 1. The molecule has 0 bridgehead atoms. The Hall–Kier alpha value is -3.57. The highest BCUT2D eigenvalue weighted by Crippen LogP contribution is 2.29. The fourth-order valence-corrected chi connectivity index (χ4v) is 3.24. The first kappa shape index (κ1) is 20.7. The van der Waals surface area contributed by atoms with Crippen molar-refractivity contribution in [3.05, 3.63) is 36.4 Å². The first-order valence-electron chi connectivity index (χ1n) is 9.49. The van der Waals surface area contributed by atoms with Gasteiger partial charge in [0, 0.05) is 25.7 Å². The summed E-state index contributed by atoms with van der Waals surface area (Å²) >= 11 is 0. The average Bonchev–Trinajstić information content (AvgIpc) is 3.28. The van der Waals surface area contributed by atoms with Crippen LogP contribution in [-0.2, 0) is 11.8 Å². The number of nitrogens with zero attached hydrogens (tertiary/aromatic N) is 4. The van der Waals surface area contributed by atoms with Gasteiger partial charge in [-0.2, -0.15) is 5.10 Å². The van der Waals surface area contributed by atoms with Crippen molar-refractivity contribution in [1.29, 1.82) is 0 Å². The predicted octanol–water partition coefficient (Wildman–Crippen LogP) is 2.13. The third-order valence-electron chi connectivity index (χ3n) is 4.84. The number of carbonyl (C=O) groups excluding carboxylic acids is 1. The molecule has 0 aliphatic carbocycles. The van der Waals surface area contributed by atoms with E-state index in [-0.39, 0.29) is 18.2 Å². The number of aryl methyl sites for hydroxylation is 1. The van der Waals surface area contributed by atoms with Crippen molar-refractivity contribution < 1.29 is 23.8 Å². The molecule has 1 amide bonds. The van der Waals surface area contributed by atoms with Crippen LogP contribution in [0.1, 0.15) is 6.92 Å². The molecule has 0 saturated carbocycles. The number of fused-ring (bicyclic) bond motifs is 2. The third kappa shape index (κ3) is 4.05. The van der Waals surface area contributed by atoms with E-state index in [0.29, 0.717) is 33.5 Å². The largest absolute Gasteiger partial charge is 0.413 e. The SMILES string of the molecule is COCC(NC(=O)Oc1c[nH]c2ncc(-c3nn(C)c4cc(F)ccc34)nc12)[C@H](C)O. The lowest BCUT2D eigenvalue weighted by Crippen LogP contribution is -2.46. The molecule has 0 aliphatic heterocycles. The molecule has 0 fully saturated rings. The Morgan fingerprint density at radius 1 is 1.42 bits per heavy atom. The van der Waals surface area contributed by atoms with Crippen LogP contribution in [0, 0.1) is 5.82 Å². The Kier molecular flexibility index (Phi) is 5.53. The van der Waals surface area contributed by atoms with Crippen LogP contribution in [-0.4, -0.2) is 61.8 Å². The molecular weight excluding hydrogens is 407 g/mol. The summed E-state index contributed by atoms with van der Waals surface area (Å²) in [5, 5.41) is 17.5. The number of hydrogen-bond acceptors (Lipinski definition) is 7. The summed E-state index contributed by atoms with van der Waals surface area (Å²) in [5.41, 5.74) is 2.33. The van der Waals surface area contributed by atoms with Crippen molar-refractivity contribution in [1.82, 2.24) is 30.0 Å². The van der Waals surface area contributed by atoms with Crippen molar-refractivity contribution in [3.63, 3.8) is 0 Å². The van der Waals surface area contributed by atoms with Crippen molar-refractivity contribution in [2.75, 3.05) is 13.7 Å². The van der Waals surface area contributed by atoms with Gasteiger partial charge < -0.3 is 24.9 Å². The molecule has 31 heavy (non-hydrogen) atoms. The van der Waals surface area contributed by atoms with Gasteiger partial charge in [-0.05, 0) is 25.1 Å². The first-order valence-corrected chi connectivity index (χ1v) is 9.49. The Labute approximate surface area is 176 Å². The zero-order valence-corrected chi connectivity index (χ0v) is 17.1. The molecule has 10 nitrogen and oxygen atoms in total. The maximum Gasteiger partial charge on any atom is 0.413 e. The number of ether oxygens (including phenoxy) is 2. The van der Waals surface area contributed by atoms with E-state index in [4.69, 9.17) is 9.47 Å². The highest BCUT2D eigenvalue weighted by molar-refractivity contribution is 5.93. The molecule has 1 aromatic carbocycles. The van der Waals surface area contributed by atoms with Crippen molar-refractivity contribution in [3.8, 4) is 17.1 Å². The zero-order chi connectivity index (χ0) is 22.1. The lowest BCUT2D eigenvalue weighted by molar-refractivity contribution is 0.0798. The number of nitrogens with one attached hydrogen (secondary N) is 2. The molecule has 0 aliphatic rings. The lowest BCUT2D eigenvalue weighted by atomic mass is 10.1. The second-order valence-electron chi connectivity index (χ2n) is 7.08. The molecule has 4 rings (SSSR count). The molecule has 3 aromatic heterocycles. The monoisotopic (exact) mass is 428 g/mol. The second-order valence-corrected chi connectivity index (χ2v) is 7.08. The number of aliphatic hydroxyl groups is 1. The Morgan fingerprint density at radius 2 is 2.23 bits per heavy atom. The van der Waals surface area contributed by atoms with Crippen molar-refractivity contribution >= 4 is 28.2 Å². The number of H-pyrrole nitrogens is 1. The van der Waals surface area contributed by atoms with Gasteiger partial charge in [0.25, 0.3) is 0 Å². The molecule has 4 aromatic rings. The van der Waals surface area contributed by atoms with E-state index in [0.717, 1.165) is 0 Å². The Bertz CT molecular complexity index is 1250. The molecule has 0 spiro atoms. The van der Waals surface area contributed by atoms with Gasteiger partial charge in [-0.3, -0.25) is 4.68 Å². The van der Waals surface area contributed by atoms with E-state index in [1.165, 1.54) is 38.6 Å². The van der Waals surface area contributed by atoms with Gasteiger partial charge in [0.1, 0.15) is 17.2 Å². The van der Waals surface area contributed by atoms with Crippen LogP contribution in [0.25, 0.3) is 33.5 Å². The molecule has 3 heterocycles. The lowest BCUT2D eigenvalue weighted by Gasteiger charge is -2.19. The van der Waals surface area contributed by atoms with E-state index in [1.54, 1.807) is 17.8 Å². The van der Waals surface area contributed by atoms with Crippen LogP contribution in [0.2, 0.25) is 0 Å². The highest BCUT2D eigenvalue weighted by Gasteiger charge is 2.21. The van der Waals surface area contributed by atoms with Crippen LogP contribution >= 0.6 is 0 Å². The van der Waals surface area contributed by atoms with Crippen LogP contribution < -0.4 is 10.1 Å². The van der Waals surface area contributed by atoms with E-state index in [9.17, 15) is 14.3 Å². The number of halogens is 1. The summed E-state index contributed by atoms with van der Waals surface area (Å²) in [5.74, 6) is -0.199. The van der Waals surface area contributed by atoms with Gasteiger partial charge in [-0.15, -0.1) is 0 Å². The fourth-order valence-electron chi connectivity index (χ4n) is 3.24. The molecule has 1 unspecified atom stereocenters. The summed E-state index contributed by atoms with van der Waals surface area (Å²) in [6, 6.07) is 3.75. The smallest absolute Gasteiger partial charge is 0.406 e. The fraction of sp³-hybridized carbons (Fsp3) is 0.300. The molecule has 2 atom stereocenters. The van der Waals surface area contributed by atoms with Crippen LogP contribution in [0.15, 0.2) is 30.6 Å². The van der Waals surface area contributed by atoms with Gasteiger partial charge in [-0.1, -0.05) is 0 Å². The standard InChI is InChI=1S/C20H21FN6O4/c1-10(28)14(9-30-3)25-20(29)31-16-8-23-19-18(16)24-13(7-22-19)17-12-5-4-11(21)6-15(12)27(2)26-17/h4-8,10,14,28H,9H2,1-3H3,(H,22,23)(H,25,29)/t10-,14?/m0/s1. The van der Waals surface area contributed by atoms with Gasteiger partial charge >= 0.3 is 6.09 Å². The number of aromatic nitrogens is 5. The predicted molar refractivity (Wildman–Crippen MR) is 110 cm³/mol. The van der Waals surface area contributed by atoms with Gasteiger partial charge in [-0.25, -0.2) is 19.2 Å². The van der Waals surface area contributed by atoms with Crippen LogP contribution in [0.4, 0.5) is 9.18 Å². The maximum absolute atomic E-state index is 13.6. The summed E-state index contributed by atoms with van der Waals surface area (Å²) in [6.07, 6.45) is 1.41. The molecule has 11 heteroatoms. The molecule has 0 radical (unpaired) electrons. The minimum absolute atomic E-state index is 0.123. The van der Waals surface area contributed by atoms with Gasteiger partial charge in [0.2, 0.25) is 0 Å². The summed E-state index contributed by atoms with van der Waals surface area (Å²) in [6.45, 7) is 1.66.